The highest BCUT2D eigenvalue weighted by Gasteiger charge is 2.38. The molecule has 1 aromatic carbocycles. The topological polar surface area (TPSA) is 47.9 Å². The molecule has 1 saturated carbocycles. The normalized spacial score (nSPS) is 19.2. The maximum absolute atomic E-state index is 10.8. The van der Waals surface area contributed by atoms with Crippen molar-refractivity contribution in [2.45, 2.75) is 44.6 Å². The zero-order valence-corrected chi connectivity index (χ0v) is 11.1. The molecule has 4 heteroatoms. The molecule has 0 spiro atoms. The fraction of sp³-hybridized carbons (Fsp3) is 0.533. The molecule has 4 nitrogen and oxygen atoms in total. The first-order valence-corrected chi connectivity index (χ1v) is 6.82. The summed E-state index contributed by atoms with van der Waals surface area (Å²) in [6.07, 6.45) is 6.64. The minimum atomic E-state index is -0.395. The van der Waals surface area contributed by atoms with Gasteiger partial charge in [0.25, 0.3) is 0 Å². The molecule has 1 aliphatic heterocycles. The Kier molecular flexibility index (Phi) is 3.03. The van der Waals surface area contributed by atoms with E-state index in [9.17, 15) is 4.79 Å². The van der Waals surface area contributed by atoms with Gasteiger partial charge < -0.3 is 9.47 Å². The van der Waals surface area contributed by atoms with Crippen LogP contribution in [0.2, 0.25) is 0 Å². The van der Waals surface area contributed by atoms with Crippen molar-refractivity contribution in [3.05, 3.63) is 23.3 Å². The summed E-state index contributed by atoms with van der Waals surface area (Å²) in [7, 11) is 0. The molecule has 2 aliphatic rings. The number of isocyanates is 1. The molecule has 0 atom stereocenters. The van der Waals surface area contributed by atoms with Gasteiger partial charge in [0.2, 0.25) is 12.9 Å². The van der Waals surface area contributed by atoms with Gasteiger partial charge >= 0.3 is 0 Å². The summed E-state index contributed by atoms with van der Waals surface area (Å²) >= 11 is 0. The predicted octanol–water partition coefficient (Wildman–Crippen LogP) is 3.08. The Labute approximate surface area is 112 Å². The van der Waals surface area contributed by atoms with Gasteiger partial charge in [-0.05, 0) is 30.9 Å². The molecule has 0 N–H and O–H groups in total. The third-order valence-corrected chi connectivity index (χ3v) is 4.19. The lowest BCUT2D eigenvalue weighted by atomic mass is 9.84. The van der Waals surface area contributed by atoms with E-state index in [0.717, 1.165) is 54.7 Å². The molecule has 3 rings (SSSR count). The van der Waals surface area contributed by atoms with Gasteiger partial charge in [-0.3, -0.25) is 0 Å². The molecule has 0 aromatic heterocycles. The van der Waals surface area contributed by atoms with Crippen LogP contribution in [0.4, 0.5) is 0 Å². The summed E-state index contributed by atoms with van der Waals surface area (Å²) in [6, 6.07) is 3.97. The van der Waals surface area contributed by atoms with E-state index in [1.54, 1.807) is 6.08 Å². The maximum atomic E-state index is 10.8. The van der Waals surface area contributed by atoms with Crippen LogP contribution in [0.5, 0.6) is 11.5 Å². The molecule has 19 heavy (non-hydrogen) atoms. The second-order valence-electron chi connectivity index (χ2n) is 5.12. The van der Waals surface area contributed by atoms with Gasteiger partial charge in [0, 0.05) is 5.56 Å². The largest absolute Gasteiger partial charge is 0.454 e. The van der Waals surface area contributed by atoms with Crippen LogP contribution in [-0.2, 0) is 16.8 Å². The molecule has 1 aromatic rings. The number of carbonyl (C=O) groups excluding carboxylic acids is 1. The van der Waals surface area contributed by atoms with Crippen molar-refractivity contribution in [1.29, 1.82) is 0 Å². The SMILES string of the molecule is CCc1c(C2(N=C=O)CCCC2)ccc2c1OCO2. The highest BCUT2D eigenvalue weighted by molar-refractivity contribution is 5.55. The Morgan fingerprint density at radius 1 is 1.32 bits per heavy atom. The van der Waals surface area contributed by atoms with Gasteiger partial charge in [-0.25, -0.2) is 4.79 Å². The van der Waals surface area contributed by atoms with E-state index < -0.39 is 5.54 Å². The minimum absolute atomic E-state index is 0.274. The highest BCUT2D eigenvalue weighted by Crippen LogP contribution is 2.48. The van der Waals surface area contributed by atoms with Crippen molar-refractivity contribution in [2.75, 3.05) is 6.79 Å². The summed E-state index contributed by atoms with van der Waals surface area (Å²) < 4.78 is 11.0. The quantitative estimate of drug-likeness (QED) is 0.619. The van der Waals surface area contributed by atoms with Crippen LogP contribution < -0.4 is 9.47 Å². The summed E-state index contributed by atoms with van der Waals surface area (Å²) in [5.74, 6) is 1.62. The fourth-order valence-electron chi connectivity index (χ4n) is 3.31. The number of fused-ring (bicyclic) bond motifs is 1. The Morgan fingerprint density at radius 3 is 2.79 bits per heavy atom. The van der Waals surface area contributed by atoms with E-state index in [0.29, 0.717) is 0 Å². The molecule has 100 valence electrons. The smallest absolute Gasteiger partial charge is 0.235 e. The predicted molar refractivity (Wildman–Crippen MR) is 70.2 cm³/mol. The van der Waals surface area contributed by atoms with Gasteiger partial charge in [-0.2, -0.15) is 4.99 Å². The van der Waals surface area contributed by atoms with Gasteiger partial charge in [0.1, 0.15) is 0 Å². The molecule has 1 heterocycles. The van der Waals surface area contributed by atoms with Crippen molar-refractivity contribution < 1.29 is 14.3 Å². The van der Waals surface area contributed by atoms with E-state index in [4.69, 9.17) is 9.47 Å². The second-order valence-corrected chi connectivity index (χ2v) is 5.12. The summed E-state index contributed by atoms with van der Waals surface area (Å²) in [6.45, 7) is 2.36. The van der Waals surface area contributed by atoms with E-state index in [-0.39, 0.29) is 6.79 Å². The monoisotopic (exact) mass is 259 g/mol. The molecular weight excluding hydrogens is 242 g/mol. The van der Waals surface area contributed by atoms with Gasteiger partial charge in [0.05, 0.1) is 5.54 Å². The lowest BCUT2D eigenvalue weighted by molar-refractivity contribution is 0.173. The molecule has 0 radical (unpaired) electrons. The number of hydrogen-bond acceptors (Lipinski definition) is 4. The molecule has 0 amide bonds. The maximum Gasteiger partial charge on any atom is 0.235 e. The van der Waals surface area contributed by atoms with Crippen LogP contribution in [-0.4, -0.2) is 12.9 Å². The molecule has 0 unspecified atom stereocenters. The lowest BCUT2D eigenvalue weighted by Gasteiger charge is -2.26. The Bertz CT molecular complexity index is 541. The molecule has 0 saturated heterocycles. The average molecular weight is 259 g/mol. The first kappa shape index (κ1) is 12.2. The Morgan fingerprint density at radius 2 is 2.11 bits per heavy atom. The number of aliphatic imine (C=N–C) groups is 1. The standard InChI is InChI=1S/C15H17NO3/c1-2-11-12(5-6-13-14(11)19-10-18-13)15(16-9-17)7-3-4-8-15/h5-6H,2-4,7-8,10H2,1H3. The van der Waals surface area contributed by atoms with Crippen molar-refractivity contribution >= 4 is 6.08 Å². The zero-order valence-electron chi connectivity index (χ0n) is 11.1. The second kappa shape index (κ2) is 4.71. The summed E-state index contributed by atoms with van der Waals surface area (Å²) in [5.41, 5.74) is 1.84. The zero-order chi connectivity index (χ0) is 13.3. The van der Waals surface area contributed by atoms with Crippen LogP contribution in [0.15, 0.2) is 17.1 Å². The number of hydrogen-bond donors (Lipinski definition) is 0. The Balaban J connectivity index is 2.16. The van der Waals surface area contributed by atoms with Crippen molar-refractivity contribution in [2.24, 2.45) is 4.99 Å². The van der Waals surface area contributed by atoms with Crippen molar-refractivity contribution in [1.82, 2.24) is 0 Å². The number of rotatable bonds is 3. The molecule has 1 aliphatic carbocycles. The van der Waals surface area contributed by atoms with Crippen LogP contribution in [0.25, 0.3) is 0 Å². The Hall–Kier alpha value is -1.80. The molecule has 1 fully saturated rings. The summed E-state index contributed by atoms with van der Waals surface area (Å²) in [4.78, 5) is 15.0. The van der Waals surface area contributed by atoms with Crippen LogP contribution in [0, 0.1) is 0 Å². The van der Waals surface area contributed by atoms with Crippen molar-refractivity contribution in [3.8, 4) is 11.5 Å². The van der Waals surface area contributed by atoms with Gasteiger partial charge in [-0.1, -0.05) is 25.8 Å². The number of nitrogens with zero attached hydrogens (tertiary/aromatic N) is 1. The van der Waals surface area contributed by atoms with E-state index in [1.165, 1.54) is 0 Å². The third kappa shape index (κ3) is 1.83. The number of ether oxygens (including phenoxy) is 2. The highest BCUT2D eigenvalue weighted by atomic mass is 16.7. The molecular formula is C15H17NO3. The van der Waals surface area contributed by atoms with Crippen LogP contribution >= 0.6 is 0 Å². The number of benzene rings is 1. The van der Waals surface area contributed by atoms with Gasteiger partial charge in [0.15, 0.2) is 11.5 Å². The van der Waals surface area contributed by atoms with E-state index in [2.05, 4.69) is 11.9 Å². The van der Waals surface area contributed by atoms with Crippen LogP contribution in [0.1, 0.15) is 43.7 Å². The van der Waals surface area contributed by atoms with Crippen LogP contribution in [0.3, 0.4) is 0 Å². The fourth-order valence-corrected chi connectivity index (χ4v) is 3.31. The van der Waals surface area contributed by atoms with Gasteiger partial charge in [-0.15, -0.1) is 0 Å². The first-order valence-electron chi connectivity index (χ1n) is 6.82. The van der Waals surface area contributed by atoms with E-state index >= 15 is 0 Å². The third-order valence-electron chi connectivity index (χ3n) is 4.19. The van der Waals surface area contributed by atoms with Crippen molar-refractivity contribution in [3.63, 3.8) is 0 Å². The minimum Gasteiger partial charge on any atom is -0.454 e. The lowest BCUT2D eigenvalue weighted by Crippen LogP contribution is -2.21. The summed E-state index contributed by atoms with van der Waals surface area (Å²) in [5, 5.41) is 0. The van der Waals surface area contributed by atoms with E-state index in [1.807, 2.05) is 12.1 Å². The molecule has 0 bridgehead atoms. The first-order chi connectivity index (χ1) is 9.30. The average Bonchev–Trinajstić information content (AvgIpc) is 3.06.